The van der Waals surface area contributed by atoms with Gasteiger partial charge in [0.2, 0.25) is 5.91 Å². The molecule has 1 heterocycles. The Balaban J connectivity index is 2.22. The normalized spacial score (nSPS) is 35.8. The third-order valence-corrected chi connectivity index (χ3v) is 1.92. The number of amides is 1. The molecule has 0 saturated carbocycles. The van der Waals surface area contributed by atoms with Crippen LogP contribution < -0.4 is 5.32 Å². The number of carbonyl (C=O) groups excluding carboxylic acids is 1. The average Bonchev–Trinajstić information content (AvgIpc) is 2.27. The van der Waals surface area contributed by atoms with Gasteiger partial charge < -0.3 is 5.32 Å². The van der Waals surface area contributed by atoms with E-state index >= 15 is 0 Å². The number of carbonyl (C=O) groups is 1. The number of hydrogen-bond acceptors (Lipinski definition) is 1. The van der Waals surface area contributed by atoms with Crippen LogP contribution >= 0.6 is 0 Å². The minimum atomic E-state index is 0.152. The van der Waals surface area contributed by atoms with E-state index in [0.717, 1.165) is 0 Å². The molecule has 1 fully saturated rings. The Morgan fingerprint density at radius 3 is 3.40 bits per heavy atom. The number of hydrogen-bond donors (Lipinski definition) is 1. The summed E-state index contributed by atoms with van der Waals surface area (Å²) in [4.78, 5) is 10.8. The second kappa shape index (κ2) is 1.97. The van der Waals surface area contributed by atoms with Crippen molar-refractivity contribution in [3.05, 3.63) is 24.3 Å². The summed E-state index contributed by atoms with van der Waals surface area (Å²) >= 11 is 0. The first kappa shape index (κ1) is 5.71. The van der Waals surface area contributed by atoms with Crippen LogP contribution in [0.2, 0.25) is 0 Å². The summed E-state index contributed by atoms with van der Waals surface area (Å²) in [6, 6.07) is 0.244. The molecule has 51 valence electrons. The van der Waals surface area contributed by atoms with Crippen molar-refractivity contribution in [2.75, 3.05) is 0 Å². The highest BCUT2D eigenvalue weighted by Crippen LogP contribution is 2.21. The van der Waals surface area contributed by atoms with Gasteiger partial charge in [0.25, 0.3) is 0 Å². The molecule has 0 spiro atoms. The largest absolute Gasteiger partial charge is 0.349 e. The summed E-state index contributed by atoms with van der Waals surface area (Å²) < 4.78 is 0. The van der Waals surface area contributed by atoms with Crippen LogP contribution in [0.4, 0.5) is 0 Å². The number of rotatable bonds is 0. The van der Waals surface area contributed by atoms with Crippen LogP contribution in [0.3, 0.4) is 0 Å². The minimum Gasteiger partial charge on any atom is -0.349 e. The van der Waals surface area contributed by atoms with Crippen molar-refractivity contribution in [1.29, 1.82) is 0 Å². The number of fused-ring (bicyclic) bond motifs is 1. The van der Waals surface area contributed by atoms with Crippen LogP contribution in [0.1, 0.15) is 6.42 Å². The molecule has 0 aromatic heterocycles. The molecule has 2 rings (SSSR count). The predicted molar refractivity (Wildman–Crippen MR) is 37.0 cm³/mol. The summed E-state index contributed by atoms with van der Waals surface area (Å²) in [5.41, 5.74) is 0. The van der Waals surface area contributed by atoms with Crippen molar-refractivity contribution < 1.29 is 4.79 Å². The summed E-state index contributed by atoms with van der Waals surface area (Å²) in [7, 11) is 0. The Labute approximate surface area is 59.6 Å². The average molecular weight is 134 g/mol. The molecule has 1 N–H and O–H groups in total. The lowest BCUT2D eigenvalue weighted by Crippen LogP contribution is -2.26. The molecule has 2 unspecified atom stereocenters. The van der Waals surface area contributed by atoms with Gasteiger partial charge in [0.1, 0.15) is 0 Å². The van der Waals surface area contributed by atoms with Gasteiger partial charge in [-0.05, 0) is 6.08 Å². The van der Waals surface area contributed by atoms with E-state index in [4.69, 9.17) is 0 Å². The molecule has 1 amide bonds. The molecule has 1 radical (unpaired) electrons. The molecular formula is C8H8NO. The van der Waals surface area contributed by atoms with Crippen LogP contribution in [-0.2, 0) is 4.79 Å². The highest BCUT2D eigenvalue weighted by atomic mass is 16.1. The Morgan fingerprint density at radius 1 is 1.70 bits per heavy atom. The van der Waals surface area contributed by atoms with Crippen LogP contribution in [0.25, 0.3) is 0 Å². The van der Waals surface area contributed by atoms with Gasteiger partial charge >= 0.3 is 0 Å². The first-order chi connectivity index (χ1) is 4.86. The fraction of sp³-hybridized carbons (Fsp3) is 0.375. The highest BCUT2D eigenvalue weighted by Gasteiger charge is 2.29. The molecule has 0 aromatic rings. The van der Waals surface area contributed by atoms with E-state index in [-0.39, 0.29) is 11.9 Å². The Morgan fingerprint density at radius 2 is 2.60 bits per heavy atom. The fourth-order valence-electron chi connectivity index (χ4n) is 1.38. The van der Waals surface area contributed by atoms with Crippen LogP contribution in [0.5, 0.6) is 0 Å². The maximum absolute atomic E-state index is 10.8. The van der Waals surface area contributed by atoms with Crippen LogP contribution in [0.15, 0.2) is 18.2 Å². The lowest BCUT2D eigenvalue weighted by molar-refractivity contribution is -0.119. The summed E-state index contributed by atoms with van der Waals surface area (Å²) in [5.74, 6) is 0.511. The van der Waals surface area contributed by atoms with E-state index in [9.17, 15) is 4.79 Å². The summed E-state index contributed by atoms with van der Waals surface area (Å²) in [6.45, 7) is 0. The molecule has 2 heteroatoms. The predicted octanol–water partition coefficient (Wildman–Crippen LogP) is 0.420. The van der Waals surface area contributed by atoms with E-state index in [1.165, 1.54) is 0 Å². The van der Waals surface area contributed by atoms with E-state index in [2.05, 4.69) is 11.4 Å². The quantitative estimate of drug-likeness (QED) is 0.511. The van der Waals surface area contributed by atoms with E-state index in [1.807, 2.05) is 18.2 Å². The zero-order valence-corrected chi connectivity index (χ0v) is 5.50. The standard InChI is InChI=1S/C8H8NO/c10-8-5-6-3-1-2-4-7(6)9-8/h2-4,6-7H,5H2,(H,9,10). The van der Waals surface area contributed by atoms with Crippen molar-refractivity contribution in [3.63, 3.8) is 0 Å². The highest BCUT2D eigenvalue weighted by molar-refractivity contribution is 5.80. The lowest BCUT2D eigenvalue weighted by atomic mass is 9.96. The van der Waals surface area contributed by atoms with Gasteiger partial charge in [0.05, 0.1) is 6.04 Å². The molecule has 1 saturated heterocycles. The lowest BCUT2D eigenvalue weighted by Gasteiger charge is -2.12. The third-order valence-electron chi connectivity index (χ3n) is 1.92. The maximum Gasteiger partial charge on any atom is 0.221 e. The summed E-state index contributed by atoms with van der Waals surface area (Å²) in [6.07, 6.45) is 9.40. The minimum absolute atomic E-state index is 0.152. The topological polar surface area (TPSA) is 29.1 Å². The summed E-state index contributed by atoms with van der Waals surface area (Å²) in [5, 5.41) is 2.86. The Bertz CT molecular complexity index is 195. The van der Waals surface area contributed by atoms with Gasteiger partial charge in [-0.3, -0.25) is 4.79 Å². The molecule has 1 aliphatic carbocycles. The molecule has 0 aromatic carbocycles. The molecule has 0 bridgehead atoms. The van der Waals surface area contributed by atoms with E-state index in [0.29, 0.717) is 12.3 Å². The van der Waals surface area contributed by atoms with Crippen molar-refractivity contribution in [3.8, 4) is 0 Å². The Kier molecular flexibility index (Phi) is 1.13. The van der Waals surface area contributed by atoms with Gasteiger partial charge in [0.15, 0.2) is 0 Å². The Hall–Kier alpha value is -1.05. The van der Waals surface area contributed by atoms with Crippen molar-refractivity contribution in [1.82, 2.24) is 5.32 Å². The number of nitrogens with one attached hydrogen (secondary N) is 1. The van der Waals surface area contributed by atoms with Crippen molar-refractivity contribution in [2.45, 2.75) is 12.5 Å². The van der Waals surface area contributed by atoms with E-state index in [1.54, 1.807) is 0 Å². The zero-order valence-electron chi connectivity index (χ0n) is 5.50. The van der Waals surface area contributed by atoms with E-state index < -0.39 is 0 Å². The van der Waals surface area contributed by atoms with Gasteiger partial charge in [-0.15, -0.1) is 0 Å². The first-order valence-corrected chi connectivity index (χ1v) is 3.42. The SMILES string of the molecule is O=C1CC2C=[C]C=CC2N1. The molecule has 1 aliphatic heterocycles. The molecule has 10 heavy (non-hydrogen) atoms. The molecule has 2 atom stereocenters. The van der Waals surface area contributed by atoms with Gasteiger partial charge in [-0.2, -0.15) is 0 Å². The van der Waals surface area contributed by atoms with Gasteiger partial charge in [-0.1, -0.05) is 18.2 Å². The maximum atomic E-state index is 10.8. The monoisotopic (exact) mass is 134 g/mol. The third kappa shape index (κ3) is 0.764. The molecule has 2 nitrogen and oxygen atoms in total. The smallest absolute Gasteiger partial charge is 0.221 e. The number of allylic oxidation sites excluding steroid dienone is 2. The van der Waals surface area contributed by atoms with Gasteiger partial charge in [-0.25, -0.2) is 0 Å². The molecular weight excluding hydrogens is 126 g/mol. The first-order valence-electron chi connectivity index (χ1n) is 3.42. The second-order valence-corrected chi connectivity index (χ2v) is 2.65. The second-order valence-electron chi connectivity index (χ2n) is 2.65. The van der Waals surface area contributed by atoms with Crippen molar-refractivity contribution >= 4 is 5.91 Å². The van der Waals surface area contributed by atoms with Gasteiger partial charge in [0, 0.05) is 12.3 Å². The fourth-order valence-corrected chi connectivity index (χ4v) is 1.38. The molecule has 2 aliphatic rings. The van der Waals surface area contributed by atoms with Crippen LogP contribution in [0, 0.1) is 12.0 Å². The van der Waals surface area contributed by atoms with Crippen LogP contribution in [-0.4, -0.2) is 11.9 Å². The van der Waals surface area contributed by atoms with Crippen molar-refractivity contribution in [2.24, 2.45) is 5.92 Å². The zero-order chi connectivity index (χ0) is 6.97.